The van der Waals surface area contributed by atoms with Gasteiger partial charge in [-0.15, -0.1) is 0 Å². The molecule has 0 unspecified atom stereocenters. The number of carbonyl (C=O) groups is 1. The molecule has 25 heavy (non-hydrogen) atoms. The zero-order valence-electron chi connectivity index (χ0n) is 14.5. The quantitative estimate of drug-likeness (QED) is 0.472. The average Bonchev–Trinajstić information content (AvgIpc) is 2.96. The second kappa shape index (κ2) is 8.67. The van der Waals surface area contributed by atoms with Gasteiger partial charge in [-0.1, -0.05) is 29.8 Å². The van der Waals surface area contributed by atoms with Crippen LogP contribution < -0.4 is 10.2 Å². The van der Waals surface area contributed by atoms with Gasteiger partial charge >= 0.3 is 0 Å². The molecule has 0 aliphatic rings. The minimum absolute atomic E-state index is 0.131. The Labute approximate surface area is 164 Å². The molecule has 7 heteroatoms. The van der Waals surface area contributed by atoms with Crippen molar-refractivity contribution in [1.29, 1.82) is 0 Å². The van der Waals surface area contributed by atoms with Gasteiger partial charge in [0.15, 0.2) is 6.61 Å². The summed E-state index contributed by atoms with van der Waals surface area (Å²) in [6.07, 6.45) is 1.45. The molecule has 5 nitrogen and oxygen atoms in total. The van der Waals surface area contributed by atoms with E-state index in [-0.39, 0.29) is 18.4 Å². The predicted molar refractivity (Wildman–Crippen MR) is 105 cm³/mol. The highest BCUT2D eigenvalue weighted by Crippen LogP contribution is 2.40. The van der Waals surface area contributed by atoms with Crippen LogP contribution in [0.2, 0.25) is 0 Å². The number of nitrogens with one attached hydrogen (secondary N) is 1. The van der Waals surface area contributed by atoms with Crippen LogP contribution in [0.1, 0.15) is 42.4 Å². The van der Waals surface area contributed by atoms with E-state index in [4.69, 9.17) is 9.15 Å². The van der Waals surface area contributed by atoms with Crippen LogP contribution in [0.15, 0.2) is 36.7 Å². The minimum atomic E-state index is -0.346. The lowest BCUT2D eigenvalue weighted by Crippen LogP contribution is -2.25. The van der Waals surface area contributed by atoms with Gasteiger partial charge in [0.05, 0.1) is 10.7 Å². The number of aryl methyl sites for hydroxylation is 1. The highest BCUT2D eigenvalue weighted by atomic mass is 79.9. The monoisotopic (exact) mass is 470 g/mol. The lowest BCUT2D eigenvalue weighted by atomic mass is 10.0. The van der Waals surface area contributed by atoms with Crippen molar-refractivity contribution in [2.45, 2.75) is 33.6 Å². The number of hydrazone groups is 1. The number of furan rings is 1. The van der Waals surface area contributed by atoms with Crippen LogP contribution in [0.5, 0.6) is 5.75 Å². The van der Waals surface area contributed by atoms with Gasteiger partial charge in [0, 0.05) is 4.47 Å². The fourth-order valence-electron chi connectivity index (χ4n) is 2.15. The van der Waals surface area contributed by atoms with Crippen molar-refractivity contribution < 1.29 is 13.9 Å². The zero-order valence-corrected chi connectivity index (χ0v) is 17.7. The Balaban J connectivity index is 2.02. The molecule has 1 amide bonds. The standard InChI is InChI=1S/C18H20Br2N2O3/c1-10(2)14-7-15(19)12(4)17(20)18(14)24-9-16(23)22-21-8-13-6-5-11(3)25-13/h5-8,10H,9H2,1-4H3,(H,22,23)/b21-8+. The SMILES string of the molecule is Cc1ccc(/C=N/NC(=O)COc2c(C(C)C)cc(Br)c(C)c2Br)o1. The molecule has 0 saturated heterocycles. The first-order valence-electron chi connectivity index (χ1n) is 7.79. The second-order valence-corrected chi connectivity index (χ2v) is 7.55. The van der Waals surface area contributed by atoms with Crippen LogP contribution >= 0.6 is 31.9 Å². The van der Waals surface area contributed by atoms with Gasteiger partial charge in [-0.3, -0.25) is 4.79 Å². The van der Waals surface area contributed by atoms with Gasteiger partial charge in [-0.05, 0) is 65.0 Å². The summed E-state index contributed by atoms with van der Waals surface area (Å²) in [5.74, 6) is 1.95. The lowest BCUT2D eigenvalue weighted by Gasteiger charge is -2.18. The Morgan fingerprint density at radius 3 is 2.68 bits per heavy atom. The molecule has 134 valence electrons. The largest absolute Gasteiger partial charge is 0.482 e. The molecule has 0 atom stereocenters. The molecule has 1 aromatic heterocycles. The molecule has 0 radical (unpaired) electrons. The molecule has 0 fully saturated rings. The summed E-state index contributed by atoms with van der Waals surface area (Å²) in [4.78, 5) is 12.0. The van der Waals surface area contributed by atoms with Crippen LogP contribution in [0.3, 0.4) is 0 Å². The van der Waals surface area contributed by atoms with E-state index in [2.05, 4.69) is 56.2 Å². The minimum Gasteiger partial charge on any atom is -0.482 e. The number of hydrogen-bond acceptors (Lipinski definition) is 4. The molecule has 0 saturated carbocycles. The van der Waals surface area contributed by atoms with Gasteiger partial charge in [-0.2, -0.15) is 5.10 Å². The van der Waals surface area contributed by atoms with E-state index in [1.165, 1.54) is 6.21 Å². The van der Waals surface area contributed by atoms with Crippen LogP contribution in [0.25, 0.3) is 0 Å². The summed E-state index contributed by atoms with van der Waals surface area (Å²) in [6.45, 7) is 7.83. The Morgan fingerprint density at radius 1 is 1.36 bits per heavy atom. The number of halogens is 2. The number of rotatable bonds is 6. The van der Waals surface area contributed by atoms with E-state index in [0.717, 1.165) is 25.8 Å². The maximum atomic E-state index is 12.0. The maximum absolute atomic E-state index is 12.0. The van der Waals surface area contributed by atoms with E-state index in [0.29, 0.717) is 11.5 Å². The van der Waals surface area contributed by atoms with Crippen molar-refractivity contribution in [2.75, 3.05) is 6.61 Å². The number of amides is 1. The molecule has 2 rings (SSSR count). The van der Waals surface area contributed by atoms with Crippen LogP contribution in [-0.2, 0) is 4.79 Å². The lowest BCUT2D eigenvalue weighted by molar-refractivity contribution is -0.123. The van der Waals surface area contributed by atoms with Crippen LogP contribution in [-0.4, -0.2) is 18.7 Å². The average molecular weight is 472 g/mol. The Kier molecular flexibility index (Phi) is 6.84. The fourth-order valence-corrected chi connectivity index (χ4v) is 3.42. The van der Waals surface area contributed by atoms with Crippen molar-refractivity contribution in [3.05, 3.63) is 49.8 Å². The molecule has 0 bridgehead atoms. The Bertz CT molecular complexity index is 798. The number of carbonyl (C=O) groups excluding carboxylic acids is 1. The Hall–Kier alpha value is -1.60. The summed E-state index contributed by atoms with van der Waals surface area (Å²) in [5.41, 5.74) is 4.47. The first-order chi connectivity index (χ1) is 11.8. The highest BCUT2D eigenvalue weighted by Gasteiger charge is 2.17. The number of nitrogens with zero attached hydrogens (tertiary/aromatic N) is 1. The highest BCUT2D eigenvalue weighted by molar-refractivity contribution is 9.11. The second-order valence-electron chi connectivity index (χ2n) is 5.90. The summed E-state index contributed by atoms with van der Waals surface area (Å²) in [7, 11) is 0. The summed E-state index contributed by atoms with van der Waals surface area (Å²) in [5, 5.41) is 3.86. The first kappa shape index (κ1) is 19.7. The maximum Gasteiger partial charge on any atom is 0.277 e. The number of ether oxygens (including phenoxy) is 1. The molecule has 1 aromatic carbocycles. The third kappa shape index (κ3) is 5.19. The van der Waals surface area contributed by atoms with Crippen LogP contribution in [0, 0.1) is 13.8 Å². The van der Waals surface area contributed by atoms with Crippen molar-refractivity contribution in [3.8, 4) is 5.75 Å². The van der Waals surface area contributed by atoms with E-state index in [9.17, 15) is 4.79 Å². The molecular formula is C18H20Br2N2O3. The van der Waals surface area contributed by atoms with Gasteiger partial charge in [-0.25, -0.2) is 5.43 Å². The van der Waals surface area contributed by atoms with Crippen molar-refractivity contribution in [2.24, 2.45) is 5.10 Å². The summed E-state index contributed by atoms with van der Waals surface area (Å²) >= 11 is 7.10. The van der Waals surface area contributed by atoms with Gasteiger partial charge in [0.2, 0.25) is 0 Å². The van der Waals surface area contributed by atoms with Gasteiger partial charge in [0.25, 0.3) is 5.91 Å². The topological polar surface area (TPSA) is 63.8 Å². The van der Waals surface area contributed by atoms with E-state index < -0.39 is 0 Å². The molecule has 1 heterocycles. The normalized spacial score (nSPS) is 11.3. The van der Waals surface area contributed by atoms with Crippen LogP contribution in [0.4, 0.5) is 0 Å². The fraction of sp³-hybridized carbons (Fsp3) is 0.333. The first-order valence-corrected chi connectivity index (χ1v) is 9.37. The van der Waals surface area contributed by atoms with E-state index in [1.54, 1.807) is 6.07 Å². The van der Waals surface area contributed by atoms with Gasteiger partial charge < -0.3 is 9.15 Å². The van der Waals surface area contributed by atoms with Crippen molar-refractivity contribution in [1.82, 2.24) is 5.43 Å². The Morgan fingerprint density at radius 2 is 2.08 bits per heavy atom. The number of hydrogen-bond donors (Lipinski definition) is 1. The predicted octanol–water partition coefficient (Wildman–Crippen LogP) is 5.07. The molecule has 0 aliphatic carbocycles. The molecule has 0 spiro atoms. The van der Waals surface area contributed by atoms with Crippen molar-refractivity contribution in [3.63, 3.8) is 0 Å². The summed E-state index contributed by atoms with van der Waals surface area (Å²) < 4.78 is 12.9. The van der Waals surface area contributed by atoms with Gasteiger partial charge in [0.1, 0.15) is 17.3 Å². The third-order valence-corrected chi connectivity index (χ3v) is 5.32. The van der Waals surface area contributed by atoms with E-state index in [1.807, 2.05) is 26.0 Å². The summed E-state index contributed by atoms with van der Waals surface area (Å²) in [6, 6.07) is 5.63. The molecule has 0 aliphatic heterocycles. The van der Waals surface area contributed by atoms with E-state index >= 15 is 0 Å². The molecular weight excluding hydrogens is 452 g/mol. The zero-order chi connectivity index (χ0) is 18.6. The molecule has 2 aromatic rings. The number of benzene rings is 1. The third-order valence-electron chi connectivity index (χ3n) is 3.54. The van der Waals surface area contributed by atoms with Crippen molar-refractivity contribution >= 4 is 44.0 Å². The smallest absolute Gasteiger partial charge is 0.277 e. The molecule has 1 N–H and O–H groups in total.